The maximum atomic E-state index is 12.3. The van der Waals surface area contributed by atoms with Crippen LogP contribution in [0.25, 0.3) is 0 Å². The van der Waals surface area contributed by atoms with Crippen molar-refractivity contribution in [2.45, 2.75) is 51.0 Å². The van der Waals surface area contributed by atoms with E-state index in [2.05, 4.69) is 5.10 Å². The van der Waals surface area contributed by atoms with Crippen molar-refractivity contribution < 1.29 is 9.59 Å². The van der Waals surface area contributed by atoms with Crippen molar-refractivity contribution in [2.24, 2.45) is 5.92 Å². The molecule has 1 aliphatic carbocycles. The number of carbonyl (C=O) groups is 2. The number of amides is 2. The van der Waals surface area contributed by atoms with E-state index in [0.717, 1.165) is 38.2 Å². The largest absolute Gasteiger partial charge is 0.338 e. The van der Waals surface area contributed by atoms with Gasteiger partial charge in [-0.15, -0.1) is 0 Å². The number of nitrogens with zero attached hydrogens (tertiary/aromatic N) is 4. The normalized spacial score (nSPS) is 22.9. The van der Waals surface area contributed by atoms with E-state index in [1.165, 1.54) is 25.7 Å². The molecule has 2 amide bonds. The van der Waals surface area contributed by atoms with Gasteiger partial charge in [-0.2, -0.15) is 5.10 Å². The summed E-state index contributed by atoms with van der Waals surface area (Å²) in [4.78, 5) is 27.8. The Balaban J connectivity index is 1.30. The molecule has 0 spiro atoms. The van der Waals surface area contributed by atoms with Gasteiger partial charge in [-0.25, -0.2) is 0 Å². The molecular weight excluding hydrogens is 292 g/mol. The molecule has 4 rings (SSSR count). The van der Waals surface area contributed by atoms with Crippen molar-refractivity contribution in [3.8, 4) is 0 Å². The average Bonchev–Trinajstić information content (AvgIpc) is 3.18. The zero-order chi connectivity index (χ0) is 15.8. The fraction of sp³-hybridized carbons (Fsp3) is 0.706. The fourth-order valence-electron chi connectivity index (χ4n) is 4.01. The van der Waals surface area contributed by atoms with Gasteiger partial charge in [0.05, 0.1) is 17.9 Å². The lowest BCUT2D eigenvalue weighted by atomic mass is 10.0. The smallest absolute Gasteiger partial charge is 0.227 e. The van der Waals surface area contributed by atoms with Gasteiger partial charge in [0.15, 0.2) is 0 Å². The molecule has 3 fully saturated rings. The minimum Gasteiger partial charge on any atom is -0.338 e. The first kappa shape index (κ1) is 14.7. The van der Waals surface area contributed by atoms with Crippen LogP contribution in [-0.4, -0.2) is 46.1 Å². The molecule has 3 aliphatic rings. The van der Waals surface area contributed by atoms with E-state index >= 15 is 0 Å². The summed E-state index contributed by atoms with van der Waals surface area (Å²) in [5.41, 5.74) is 0.892. The lowest BCUT2D eigenvalue weighted by Crippen LogP contribution is -2.51. The predicted molar refractivity (Wildman–Crippen MR) is 86.0 cm³/mol. The third kappa shape index (κ3) is 2.86. The molecule has 6 heteroatoms. The lowest BCUT2D eigenvalue weighted by Gasteiger charge is -2.39. The standard InChI is InChI=1S/C17H24N4O2/c22-16-6-3-7-20(16)14-9-18-21(12-14)15-10-19(11-15)17(23)8-13-4-1-2-5-13/h9,12-13,15H,1-8,10-11H2. The molecule has 6 nitrogen and oxygen atoms in total. The van der Waals surface area contributed by atoms with E-state index in [0.29, 0.717) is 18.2 Å². The molecule has 23 heavy (non-hydrogen) atoms. The SMILES string of the molecule is O=C(CC1CCCC1)N1CC(n2cc(N3CCCC3=O)cn2)C1. The van der Waals surface area contributed by atoms with Gasteiger partial charge in [-0.1, -0.05) is 12.8 Å². The minimum absolute atomic E-state index is 0.187. The summed E-state index contributed by atoms with van der Waals surface area (Å²) in [5, 5.41) is 4.40. The summed E-state index contributed by atoms with van der Waals surface area (Å²) < 4.78 is 1.92. The summed E-state index contributed by atoms with van der Waals surface area (Å²) in [7, 11) is 0. The molecule has 0 aromatic carbocycles. The molecule has 2 aliphatic heterocycles. The van der Waals surface area contributed by atoms with Crippen LogP contribution >= 0.6 is 0 Å². The molecular formula is C17H24N4O2. The molecule has 124 valence electrons. The minimum atomic E-state index is 0.187. The van der Waals surface area contributed by atoms with Gasteiger partial charge in [-0.05, 0) is 25.2 Å². The van der Waals surface area contributed by atoms with E-state index in [-0.39, 0.29) is 11.9 Å². The Morgan fingerprint density at radius 3 is 2.70 bits per heavy atom. The number of aromatic nitrogens is 2. The second kappa shape index (κ2) is 5.98. The van der Waals surface area contributed by atoms with Crippen LogP contribution in [0.2, 0.25) is 0 Å². The van der Waals surface area contributed by atoms with Crippen molar-refractivity contribution in [3.63, 3.8) is 0 Å². The van der Waals surface area contributed by atoms with Crippen LogP contribution in [0.4, 0.5) is 5.69 Å². The molecule has 2 saturated heterocycles. The van der Waals surface area contributed by atoms with Crippen LogP contribution in [0, 0.1) is 5.92 Å². The average molecular weight is 316 g/mol. The molecule has 0 N–H and O–H groups in total. The number of hydrogen-bond donors (Lipinski definition) is 0. The van der Waals surface area contributed by atoms with Crippen LogP contribution in [0.1, 0.15) is 51.0 Å². The summed E-state index contributed by atoms with van der Waals surface area (Å²) >= 11 is 0. The Morgan fingerprint density at radius 2 is 2.00 bits per heavy atom. The second-order valence-corrected chi connectivity index (χ2v) is 7.13. The Morgan fingerprint density at radius 1 is 1.22 bits per heavy atom. The number of anilines is 1. The summed E-state index contributed by atoms with van der Waals surface area (Å²) in [6.45, 7) is 2.29. The Kier molecular flexibility index (Phi) is 3.83. The summed E-state index contributed by atoms with van der Waals surface area (Å²) in [6.07, 6.45) is 11.0. The quantitative estimate of drug-likeness (QED) is 0.853. The predicted octanol–water partition coefficient (Wildman–Crippen LogP) is 1.97. The first-order valence-corrected chi connectivity index (χ1v) is 8.83. The zero-order valence-corrected chi connectivity index (χ0v) is 13.5. The molecule has 0 unspecified atom stereocenters. The molecule has 1 aromatic heterocycles. The van der Waals surface area contributed by atoms with Crippen LogP contribution in [0.5, 0.6) is 0 Å². The maximum absolute atomic E-state index is 12.3. The van der Waals surface area contributed by atoms with Crippen LogP contribution in [-0.2, 0) is 9.59 Å². The van der Waals surface area contributed by atoms with Crippen molar-refractivity contribution in [1.82, 2.24) is 14.7 Å². The van der Waals surface area contributed by atoms with E-state index in [1.54, 1.807) is 6.20 Å². The number of rotatable bonds is 4. The highest BCUT2D eigenvalue weighted by Gasteiger charge is 2.34. The topological polar surface area (TPSA) is 58.4 Å². The monoisotopic (exact) mass is 316 g/mol. The van der Waals surface area contributed by atoms with Crippen LogP contribution in [0.15, 0.2) is 12.4 Å². The first-order chi connectivity index (χ1) is 11.2. The van der Waals surface area contributed by atoms with Gasteiger partial charge in [0, 0.05) is 38.7 Å². The van der Waals surface area contributed by atoms with Gasteiger partial charge in [-0.3, -0.25) is 14.3 Å². The van der Waals surface area contributed by atoms with Gasteiger partial charge in [0.25, 0.3) is 0 Å². The van der Waals surface area contributed by atoms with E-state index in [4.69, 9.17) is 0 Å². The Bertz CT molecular complexity index is 599. The van der Waals surface area contributed by atoms with E-state index in [9.17, 15) is 9.59 Å². The molecule has 0 radical (unpaired) electrons. The van der Waals surface area contributed by atoms with Crippen molar-refractivity contribution in [2.75, 3.05) is 24.5 Å². The highest BCUT2D eigenvalue weighted by Crippen LogP contribution is 2.30. The van der Waals surface area contributed by atoms with Crippen LogP contribution < -0.4 is 4.90 Å². The Hall–Kier alpha value is -1.85. The third-order valence-electron chi connectivity index (χ3n) is 5.50. The fourth-order valence-corrected chi connectivity index (χ4v) is 4.01. The molecule has 1 saturated carbocycles. The van der Waals surface area contributed by atoms with Crippen molar-refractivity contribution in [1.29, 1.82) is 0 Å². The van der Waals surface area contributed by atoms with Gasteiger partial charge in [0.2, 0.25) is 11.8 Å². The molecule has 1 aromatic rings. The van der Waals surface area contributed by atoms with Gasteiger partial charge < -0.3 is 9.80 Å². The third-order valence-corrected chi connectivity index (χ3v) is 5.50. The first-order valence-electron chi connectivity index (χ1n) is 8.83. The molecule has 0 atom stereocenters. The molecule has 0 bridgehead atoms. The van der Waals surface area contributed by atoms with Crippen LogP contribution in [0.3, 0.4) is 0 Å². The maximum Gasteiger partial charge on any atom is 0.227 e. The summed E-state index contributed by atoms with van der Waals surface area (Å²) in [6, 6.07) is 0.258. The zero-order valence-electron chi connectivity index (χ0n) is 13.5. The molecule has 3 heterocycles. The van der Waals surface area contributed by atoms with E-state index in [1.807, 2.05) is 20.7 Å². The second-order valence-electron chi connectivity index (χ2n) is 7.13. The lowest BCUT2D eigenvalue weighted by molar-refractivity contribution is -0.138. The highest BCUT2D eigenvalue weighted by molar-refractivity contribution is 5.95. The van der Waals surface area contributed by atoms with Gasteiger partial charge in [0.1, 0.15) is 0 Å². The number of likely N-dealkylation sites (tertiary alicyclic amines) is 1. The number of carbonyl (C=O) groups excluding carboxylic acids is 2. The number of hydrogen-bond acceptors (Lipinski definition) is 3. The van der Waals surface area contributed by atoms with E-state index < -0.39 is 0 Å². The van der Waals surface area contributed by atoms with Crippen molar-refractivity contribution >= 4 is 17.5 Å². The van der Waals surface area contributed by atoms with Gasteiger partial charge >= 0.3 is 0 Å². The van der Waals surface area contributed by atoms with Crippen molar-refractivity contribution in [3.05, 3.63) is 12.4 Å². The summed E-state index contributed by atoms with van der Waals surface area (Å²) in [5.74, 6) is 1.10. The highest BCUT2D eigenvalue weighted by atomic mass is 16.2. The Labute approximate surface area is 136 Å².